The molecule has 0 aromatic heterocycles. The molecule has 9 heteroatoms. The first kappa shape index (κ1) is 22.8. The molecule has 0 radical (unpaired) electrons. The van der Waals surface area contributed by atoms with Crippen LogP contribution in [0.5, 0.6) is 11.5 Å². The molecule has 0 atom stereocenters. The third kappa shape index (κ3) is 4.31. The highest BCUT2D eigenvalue weighted by Crippen LogP contribution is 2.35. The van der Waals surface area contributed by atoms with Gasteiger partial charge in [0.2, 0.25) is 0 Å². The SMILES string of the molecule is COc1cc(C(C)=O)ccc1OC(=O)c1ccc(Cl)c(S(=O)(=O)N2CCc3ccccc32)c1. The molecule has 0 amide bonds. The summed E-state index contributed by atoms with van der Waals surface area (Å²) in [5.74, 6) is -0.659. The number of ether oxygens (including phenoxy) is 2. The summed E-state index contributed by atoms with van der Waals surface area (Å²) < 4.78 is 38.7. The second-order valence-electron chi connectivity index (χ2n) is 7.41. The molecule has 4 rings (SSSR count). The Morgan fingerprint density at radius 3 is 2.42 bits per heavy atom. The Labute approximate surface area is 196 Å². The van der Waals surface area contributed by atoms with Gasteiger partial charge in [0.1, 0.15) is 4.90 Å². The molecule has 1 aliphatic rings. The van der Waals surface area contributed by atoms with E-state index in [0.29, 0.717) is 17.7 Å². The van der Waals surface area contributed by atoms with Crippen LogP contribution in [0.1, 0.15) is 33.2 Å². The molecule has 1 aliphatic heterocycles. The van der Waals surface area contributed by atoms with Gasteiger partial charge in [-0.3, -0.25) is 9.10 Å². The maximum atomic E-state index is 13.4. The largest absolute Gasteiger partial charge is 0.493 e. The van der Waals surface area contributed by atoms with Crippen molar-refractivity contribution in [1.82, 2.24) is 0 Å². The van der Waals surface area contributed by atoms with Crippen molar-refractivity contribution in [2.24, 2.45) is 0 Å². The van der Waals surface area contributed by atoms with Crippen molar-refractivity contribution in [2.45, 2.75) is 18.2 Å². The molecule has 33 heavy (non-hydrogen) atoms. The minimum absolute atomic E-state index is 0.000627. The third-order valence-corrected chi connectivity index (χ3v) is 7.65. The zero-order valence-corrected chi connectivity index (χ0v) is 19.4. The van der Waals surface area contributed by atoms with Crippen LogP contribution in [0.25, 0.3) is 0 Å². The van der Waals surface area contributed by atoms with E-state index in [2.05, 4.69) is 0 Å². The summed E-state index contributed by atoms with van der Waals surface area (Å²) in [6.45, 7) is 1.70. The highest BCUT2D eigenvalue weighted by atomic mass is 35.5. The first-order chi connectivity index (χ1) is 15.7. The monoisotopic (exact) mass is 485 g/mol. The number of anilines is 1. The molecule has 170 valence electrons. The Bertz CT molecular complexity index is 1370. The topological polar surface area (TPSA) is 90.0 Å². The number of benzene rings is 3. The lowest BCUT2D eigenvalue weighted by Gasteiger charge is -2.20. The molecule has 3 aromatic carbocycles. The third-order valence-electron chi connectivity index (χ3n) is 5.35. The number of hydrogen-bond acceptors (Lipinski definition) is 6. The molecule has 0 bridgehead atoms. The van der Waals surface area contributed by atoms with Crippen LogP contribution >= 0.6 is 11.6 Å². The number of Topliss-reactive ketones (excluding diaryl/α,β-unsaturated/α-hetero) is 1. The first-order valence-electron chi connectivity index (χ1n) is 10.0. The fraction of sp³-hybridized carbons (Fsp3) is 0.167. The average molecular weight is 486 g/mol. The van der Waals surface area contributed by atoms with Gasteiger partial charge in [-0.1, -0.05) is 29.8 Å². The zero-order valence-electron chi connectivity index (χ0n) is 17.9. The standard InChI is InChI=1S/C24H20ClNO6S/c1-15(27)17-8-10-21(22(13-17)31-2)32-24(28)18-7-9-19(25)23(14-18)33(29,30)26-12-11-16-5-3-4-6-20(16)26/h3-10,13-14H,11-12H2,1-2H3. The molecule has 0 unspecified atom stereocenters. The Kier molecular flexibility index (Phi) is 6.14. The fourth-order valence-electron chi connectivity index (χ4n) is 3.63. The first-order valence-corrected chi connectivity index (χ1v) is 11.9. The molecule has 0 aliphatic carbocycles. The van der Waals surface area contributed by atoms with Crippen molar-refractivity contribution in [1.29, 1.82) is 0 Å². The number of nitrogens with zero attached hydrogens (tertiary/aromatic N) is 1. The van der Waals surface area contributed by atoms with E-state index in [9.17, 15) is 18.0 Å². The van der Waals surface area contributed by atoms with Crippen molar-refractivity contribution in [3.8, 4) is 11.5 Å². The summed E-state index contributed by atoms with van der Waals surface area (Å²) in [4.78, 5) is 24.2. The number of sulfonamides is 1. The quantitative estimate of drug-likeness (QED) is 0.289. The number of carbonyl (C=O) groups excluding carboxylic acids is 2. The highest BCUT2D eigenvalue weighted by Gasteiger charge is 2.32. The summed E-state index contributed by atoms with van der Waals surface area (Å²) in [5, 5.41) is -0.000627. The van der Waals surface area contributed by atoms with Crippen LogP contribution in [0.3, 0.4) is 0 Å². The van der Waals surface area contributed by atoms with Crippen LogP contribution in [0.4, 0.5) is 5.69 Å². The number of para-hydroxylation sites is 1. The van der Waals surface area contributed by atoms with Gasteiger partial charge in [0.15, 0.2) is 17.3 Å². The van der Waals surface area contributed by atoms with Gasteiger partial charge in [0.25, 0.3) is 10.0 Å². The van der Waals surface area contributed by atoms with E-state index < -0.39 is 16.0 Å². The van der Waals surface area contributed by atoms with E-state index >= 15 is 0 Å². The van der Waals surface area contributed by atoms with E-state index in [1.165, 1.54) is 54.7 Å². The molecule has 0 fully saturated rings. The van der Waals surface area contributed by atoms with E-state index in [-0.39, 0.29) is 39.3 Å². The minimum atomic E-state index is -4.01. The van der Waals surface area contributed by atoms with Crippen molar-refractivity contribution in [2.75, 3.05) is 18.0 Å². The molecule has 1 heterocycles. The van der Waals surface area contributed by atoms with Gasteiger partial charge < -0.3 is 9.47 Å². The van der Waals surface area contributed by atoms with Crippen molar-refractivity contribution >= 4 is 39.1 Å². The Hall–Kier alpha value is -3.36. The lowest BCUT2D eigenvalue weighted by Crippen LogP contribution is -2.29. The lowest BCUT2D eigenvalue weighted by atomic mass is 10.1. The van der Waals surface area contributed by atoms with E-state index in [4.69, 9.17) is 21.1 Å². The van der Waals surface area contributed by atoms with Crippen molar-refractivity contribution < 1.29 is 27.5 Å². The van der Waals surface area contributed by atoms with Crippen LogP contribution in [0, 0.1) is 0 Å². The number of carbonyl (C=O) groups is 2. The van der Waals surface area contributed by atoms with Crippen LogP contribution in [-0.4, -0.2) is 33.8 Å². The van der Waals surface area contributed by atoms with Crippen molar-refractivity contribution in [3.63, 3.8) is 0 Å². The number of esters is 1. The van der Waals surface area contributed by atoms with Gasteiger partial charge in [-0.2, -0.15) is 0 Å². The second kappa shape index (κ2) is 8.88. The number of ketones is 1. The molecular formula is C24H20ClNO6S. The number of hydrogen-bond donors (Lipinski definition) is 0. The Morgan fingerprint density at radius 2 is 1.70 bits per heavy atom. The number of halogens is 1. The van der Waals surface area contributed by atoms with E-state index in [1.54, 1.807) is 12.1 Å². The minimum Gasteiger partial charge on any atom is -0.493 e. The van der Waals surface area contributed by atoms with Gasteiger partial charge in [-0.25, -0.2) is 13.2 Å². The molecular weight excluding hydrogens is 466 g/mol. The van der Waals surface area contributed by atoms with Gasteiger partial charge >= 0.3 is 5.97 Å². The van der Waals surface area contributed by atoms with Crippen LogP contribution in [0.15, 0.2) is 65.6 Å². The summed E-state index contributed by atoms with van der Waals surface area (Å²) in [7, 11) is -2.62. The molecule has 0 saturated heterocycles. The van der Waals surface area contributed by atoms with Gasteiger partial charge in [0, 0.05) is 12.1 Å². The zero-order chi connectivity index (χ0) is 23.8. The summed E-state index contributed by atoms with van der Waals surface area (Å²) in [6.07, 6.45) is 0.588. The van der Waals surface area contributed by atoms with Gasteiger partial charge in [0.05, 0.1) is 23.4 Å². The van der Waals surface area contributed by atoms with Crippen LogP contribution in [-0.2, 0) is 16.4 Å². The number of rotatable bonds is 6. The Balaban J connectivity index is 1.65. The van der Waals surface area contributed by atoms with Crippen LogP contribution < -0.4 is 13.8 Å². The van der Waals surface area contributed by atoms with Gasteiger partial charge in [-0.15, -0.1) is 0 Å². The summed E-state index contributed by atoms with van der Waals surface area (Å²) >= 11 is 6.24. The lowest BCUT2D eigenvalue weighted by molar-refractivity contribution is 0.0729. The normalized spacial score (nSPS) is 12.9. The maximum absolute atomic E-state index is 13.4. The summed E-state index contributed by atoms with van der Waals surface area (Å²) in [6, 6.07) is 15.6. The van der Waals surface area contributed by atoms with Gasteiger partial charge in [-0.05, 0) is 61.4 Å². The summed E-state index contributed by atoms with van der Waals surface area (Å²) in [5.41, 5.74) is 1.92. The van der Waals surface area contributed by atoms with E-state index in [0.717, 1.165) is 5.56 Å². The second-order valence-corrected chi connectivity index (χ2v) is 9.65. The molecule has 0 spiro atoms. The maximum Gasteiger partial charge on any atom is 0.343 e. The predicted octanol–water partition coefficient (Wildman–Crippen LogP) is 4.52. The van der Waals surface area contributed by atoms with Crippen molar-refractivity contribution in [3.05, 3.63) is 82.4 Å². The Morgan fingerprint density at radius 1 is 0.970 bits per heavy atom. The van der Waals surface area contributed by atoms with Crippen LogP contribution in [0.2, 0.25) is 5.02 Å². The number of methoxy groups -OCH3 is 1. The smallest absolute Gasteiger partial charge is 0.343 e. The number of fused-ring (bicyclic) bond motifs is 1. The molecule has 0 saturated carbocycles. The predicted molar refractivity (Wildman–Crippen MR) is 124 cm³/mol. The van der Waals surface area contributed by atoms with E-state index in [1.807, 2.05) is 12.1 Å². The average Bonchev–Trinajstić information content (AvgIpc) is 3.24. The molecule has 7 nitrogen and oxygen atoms in total. The highest BCUT2D eigenvalue weighted by molar-refractivity contribution is 7.93. The molecule has 3 aromatic rings. The fourth-order valence-corrected chi connectivity index (χ4v) is 5.64. The molecule has 0 N–H and O–H groups in total.